The predicted molar refractivity (Wildman–Crippen MR) is 75.8 cm³/mol. The summed E-state index contributed by atoms with van der Waals surface area (Å²) in [7, 11) is 4.28. The highest BCUT2D eigenvalue weighted by Crippen LogP contribution is 2.28. The molecule has 0 saturated carbocycles. The summed E-state index contributed by atoms with van der Waals surface area (Å²) >= 11 is 3.55. The molecule has 1 aliphatic heterocycles. The first-order chi connectivity index (χ1) is 8.22. The van der Waals surface area contributed by atoms with E-state index in [1.54, 1.807) is 0 Å². The van der Waals surface area contributed by atoms with Crippen molar-refractivity contribution >= 4 is 21.7 Å². The molecular weight excluding hydrogens is 278 g/mol. The molecule has 4 heteroatoms. The number of likely N-dealkylation sites (N-methyl/N-ethyl adjacent to an activating group) is 1. The van der Waals surface area contributed by atoms with Gasteiger partial charge in [0, 0.05) is 36.2 Å². The second-order valence-corrected chi connectivity index (χ2v) is 5.43. The van der Waals surface area contributed by atoms with Crippen LogP contribution in [-0.2, 0) is 5.33 Å². The van der Waals surface area contributed by atoms with Gasteiger partial charge in [0.1, 0.15) is 5.82 Å². The smallest absolute Gasteiger partial charge is 0.132 e. The van der Waals surface area contributed by atoms with Crippen molar-refractivity contribution in [1.29, 1.82) is 0 Å². The van der Waals surface area contributed by atoms with Gasteiger partial charge in [-0.3, -0.25) is 0 Å². The van der Waals surface area contributed by atoms with E-state index in [1.165, 1.54) is 18.4 Å². The first kappa shape index (κ1) is 12.8. The fraction of sp³-hybridized carbons (Fsp3) is 0.615. The Morgan fingerprint density at radius 2 is 2.35 bits per heavy atom. The summed E-state index contributed by atoms with van der Waals surface area (Å²) in [5.41, 5.74) is 1.29. The lowest BCUT2D eigenvalue weighted by atomic mass is 10.2. The van der Waals surface area contributed by atoms with Crippen molar-refractivity contribution < 1.29 is 0 Å². The van der Waals surface area contributed by atoms with Crippen molar-refractivity contribution in [3.8, 4) is 0 Å². The van der Waals surface area contributed by atoms with Gasteiger partial charge in [-0.25, -0.2) is 4.98 Å². The molecule has 1 fully saturated rings. The molecule has 0 aliphatic carbocycles. The van der Waals surface area contributed by atoms with Gasteiger partial charge in [0.25, 0.3) is 0 Å². The number of hydrogen-bond acceptors (Lipinski definition) is 3. The van der Waals surface area contributed by atoms with Gasteiger partial charge in [-0.05, 0) is 33.0 Å². The minimum Gasteiger partial charge on any atom is -0.352 e. The topological polar surface area (TPSA) is 19.4 Å². The minimum atomic E-state index is 0.609. The summed E-state index contributed by atoms with van der Waals surface area (Å²) in [5.74, 6) is 1.16. The van der Waals surface area contributed by atoms with Gasteiger partial charge in [0.15, 0.2) is 0 Å². The highest BCUT2D eigenvalue weighted by atomic mass is 79.9. The molecule has 2 rings (SSSR count). The van der Waals surface area contributed by atoms with Crippen LogP contribution in [0, 0.1) is 0 Å². The third-order valence-electron chi connectivity index (χ3n) is 3.24. The molecule has 1 saturated heterocycles. The standard InChI is InChI=1S/C13H20BrN3/c1-16(2)10-12-6-4-8-17(12)13-11(9-14)5-3-7-15-13/h3,5,7,12H,4,6,8-10H2,1-2H3. The van der Waals surface area contributed by atoms with E-state index in [-0.39, 0.29) is 0 Å². The zero-order valence-corrected chi connectivity index (χ0v) is 12.2. The monoisotopic (exact) mass is 297 g/mol. The fourth-order valence-electron chi connectivity index (χ4n) is 2.52. The summed E-state index contributed by atoms with van der Waals surface area (Å²) in [6.07, 6.45) is 4.44. The Kier molecular flexibility index (Phi) is 4.40. The van der Waals surface area contributed by atoms with Gasteiger partial charge in [0.05, 0.1) is 0 Å². The van der Waals surface area contributed by atoms with Gasteiger partial charge in [0.2, 0.25) is 0 Å². The molecule has 0 spiro atoms. The Labute approximate surface area is 112 Å². The summed E-state index contributed by atoms with van der Waals surface area (Å²) < 4.78 is 0. The van der Waals surface area contributed by atoms with Gasteiger partial charge in [-0.2, -0.15) is 0 Å². The van der Waals surface area contributed by atoms with Crippen LogP contribution in [0.3, 0.4) is 0 Å². The van der Waals surface area contributed by atoms with E-state index < -0.39 is 0 Å². The molecule has 0 radical (unpaired) electrons. The summed E-state index contributed by atoms with van der Waals surface area (Å²) in [5, 5.41) is 0.876. The van der Waals surface area contributed by atoms with E-state index in [4.69, 9.17) is 0 Å². The number of halogens is 1. The Morgan fingerprint density at radius 3 is 3.06 bits per heavy atom. The number of alkyl halides is 1. The molecule has 94 valence electrons. The van der Waals surface area contributed by atoms with Crippen LogP contribution in [0.2, 0.25) is 0 Å². The van der Waals surface area contributed by atoms with Crippen LogP contribution in [-0.4, -0.2) is 43.1 Å². The highest BCUT2D eigenvalue weighted by molar-refractivity contribution is 9.08. The van der Waals surface area contributed by atoms with E-state index in [9.17, 15) is 0 Å². The molecule has 1 aromatic rings. The summed E-state index contributed by atoms with van der Waals surface area (Å²) in [6.45, 7) is 2.24. The van der Waals surface area contributed by atoms with Gasteiger partial charge in [-0.1, -0.05) is 22.0 Å². The lowest BCUT2D eigenvalue weighted by Gasteiger charge is -2.29. The van der Waals surface area contributed by atoms with Crippen LogP contribution in [0.5, 0.6) is 0 Å². The van der Waals surface area contributed by atoms with Crippen molar-refractivity contribution in [2.45, 2.75) is 24.2 Å². The molecule has 1 unspecified atom stereocenters. The van der Waals surface area contributed by atoms with E-state index in [0.717, 1.165) is 24.2 Å². The van der Waals surface area contributed by atoms with Crippen LogP contribution in [0.4, 0.5) is 5.82 Å². The van der Waals surface area contributed by atoms with E-state index >= 15 is 0 Å². The molecular formula is C13H20BrN3. The zero-order valence-electron chi connectivity index (χ0n) is 10.6. The third kappa shape index (κ3) is 2.99. The Bertz CT molecular complexity index is 367. The molecule has 0 bridgehead atoms. The van der Waals surface area contributed by atoms with E-state index in [2.05, 4.69) is 50.9 Å². The molecule has 17 heavy (non-hydrogen) atoms. The zero-order chi connectivity index (χ0) is 12.3. The molecule has 1 aromatic heterocycles. The maximum absolute atomic E-state index is 4.57. The van der Waals surface area contributed by atoms with Gasteiger partial charge in [-0.15, -0.1) is 0 Å². The largest absolute Gasteiger partial charge is 0.352 e. The van der Waals surface area contributed by atoms with Crippen LogP contribution in [0.1, 0.15) is 18.4 Å². The predicted octanol–water partition coefficient (Wildman–Crippen LogP) is 2.51. The van der Waals surface area contributed by atoms with Crippen LogP contribution in [0.25, 0.3) is 0 Å². The van der Waals surface area contributed by atoms with Crippen LogP contribution >= 0.6 is 15.9 Å². The van der Waals surface area contributed by atoms with Gasteiger partial charge >= 0.3 is 0 Å². The SMILES string of the molecule is CN(C)CC1CCCN1c1ncccc1CBr. The average Bonchev–Trinajstić information content (AvgIpc) is 2.76. The second kappa shape index (κ2) is 5.83. The molecule has 0 amide bonds. The number of aromatic nitrogens is 1. The number of pyridine rings is 1. The lowest BCUT2D eigenvalue weighted by molar-refractivity contribution is 0.371. The quantitative estimate of drug-likeness (QED) is 0.796. The number of nitrogens with zero attached hydrogens (tertiary/aromatic N) is 3. The molecule has 0 aromatic carbocycles. The summed E-state index contributed by atoms with van der Waals surface area (Å²) in [4.78, 5) is 9.30. The maximum Gasteiger partial charge on any atom is 0.132 e. The van der Waals surface area contributed by atoms with Crippen molar-refractivity contribution in [2.75, 3.05) is 32.1 Å². The Hall–Kier alpha value is -0.610. The molecule has 2 heterocycles. The van der Waals surface area contributed by atoms with Crippen molar-refractivity contribution in [3.05, 3.63) is 23.9 Å². The van der Waals surface area contributed by atoms with Crippen molar-refractivity contribution in [2.24, 2.45) is 0 Å². The number of rotatable bonds is 4. The minimum absolute atomic E-state index is 0.609. The van der Waals surface area contributed by atoms with Gasteiger partial charge < -0.3 is 9.80 Å². The maximum atomic E-state index is 4.57. The van der Waals surface area contributed by atoms with E-state index in [0.29, 0.717) is 6.04 Å². The van der Waals surface area contributed by atoms with Crippen LogP contribution < -0.4 is 4.90 Å². The average molecular weight is 298 g/mol. The first-order valence-electron chi connectivity index (χ1n) is 6.13. The van der Waals surface area contributed by atoms with Crippen molar-refractivity contribution in [1.82, 2.24) is 9.88 Å². The Balaban J connectivity index is 2.19. The first-order valence-corrected chi connectivity index (χ1v) is 7.25. The second-order valence-electron chi connectivity index (χ2n) is 4.87. The fourth-order valence-corrected chi connectivity index (χ4v) is 2.96. The lowest BCUT2D eigenvalue weighted by Crippen LogP contribution is -2.38. The highest BCUT2D eigenvalue weighted by Gasteiger charge is 2.27. The van der Waals surface area contributed by atoms with Crippen LogP contribution in [0.15, 0.2) is 18.3 Å². The summed E-state index contributed by atoms with van der Waals surface area (Å²) in [6, 6.07) is 4.77. The number of hydrogen-bond donors (Lipinski definition) is 0. The van der Waals surface area contributed by atoms with E-state index in [1.807, 2.05) is 12.3 Å². The normalized spacial score (nSPS) is 20.2. The molecule has 1 atom stereocenters. The molecule has 1 aliphatic rings. The van der Waals surface area contributed by atoms with Crippen molar-refractivity contribution in [3.63, 3.8) is 0 Å². The third-order valence-corrected chi connectivity index (χ3v) is 3.84. The molecule has 0 N–H and O–H groups in total. The molecule has 3 nitrogen and oxygen atoms in total. The number of anilines is 1. The Morgan fingerprint density at radius 1 is 1.53 bits per heavy atom.